The number of ether oxygens (including phenoxy) is 2. The molecule has 27 heavy (non-hydrogen) atoms. The van der Waals surface area contributed by atoms with Crippen molar-refractivity contribution in [2.45, 2.75) is 28.2 Å². The van der Waals surface area contributed by atoms with Crippen LogP contribution in [0.1, 0.15) is 18.4 Å². The fraction of sp³-hybridized carbons (Fsp3) is 0.200. The lowest BCUT2D eigenvalue weighted by Crippen LogP contribution is -2.19. The van der Waals surface area contributed by atoms with Gasteiger partial charge >= 0.3 is 0 Å². The van der Waals surface area contributed by atoms with Crippen LogP contribution in [-0.2, 0) is 15.4 Å². The number of hydrogen-bond donors (Lipinski definition) is 1. The summed E-state index contributed by atoms with van der Waals surface area (Å²) >= 11 is 1.39. The smallest absolute Gasteiger partial charge is 0.231 e. The summed E-state index contributed by atoms with van der Waals surface area (Å²) in [6.07, 6.45) is 1.88. The third-order valence-corrected chi connectivity index (χ3v) is 7.72. The summed E-state index contributed by atoms with van der Waals surface area (Å²) in [5.41, 5.74) is 1.48. The Kier molecular flexibility index (Phi) is 3.70. The third kappa shape index (κ3) is 2.78. The summed E-state index contributed by atoms with van der Waals surface area (Å²) < 4.78 is 37.0. The van der Waals surface area contributed by atoms with Crippen LogP contribution in [0.15, 0.2) is 69.1 Å². The number of anilines is 1. The van der Waals surface area contributed by atoms with E-state index in [9.17, 15) is 8.42 Å². The third-order valence-electron chi connectivity index (χ3n) is 5.02. The molecule has 1 fully saturated rings. The van der Waals surface area contributed by atoms with E-state index >= 15 is 0 Å². The predicted octanol–water partition coefficient (Wildman–Crippen LogP) is 4.41. The van der Waals surface area contributed by atoms with Gasteiger partial charge in [0.2, 0.25) is 16.6 Å². The van der Waals surface area contributed by atoms with Crippen molar-refractivity contribution in [2.75, 3.05) is 12.1 Å². The molecule has 3 aromatic rings. The van der Waals surface area contributed by atoms with Gasteiger partial charge < -0.3 is 14.8 Å². The Morgan fingerprint density at radius 1 is 0.963 bits per heavy atom. The summed E-state index contributed by atoms with van der Waals surface area (Å²) in [6.45, 7) is 0.239. The van der Waals surface area contributed by atoms with E-state index in [1.165, 1.54) is 11.3 Å². The van der Waals surface area contributed by atoms with E-state index in [1.54, 1.807) is 29.6 Å². The molecule has 0 atom stereocenters. The summed E-state index contributed by atoms with van der Waals surface area (Å²) in [5.74, 6) is 1.49. The number of thiophene rings is 1. The molecule has 0 spiro atoms. The Morgan fingerprint density at radius 2 is 1.74 bits per heavy atom. The Labute approximate surface area is 161 Å². The summed E-state index contributed by atoms with van der Waals surface area (Å²) in [7, 11) is -3.56. The molecular formula is C20H17NO4S2. The number of rotatable bonds is 5. The number of nitrogens with one attached hydrogen (secondary N) is 1. The Bertz CT molecular complexity index is 1100. The van der Waals surface area contributed by atoms with Crippen LogP contribution >= 0.6 is 11.3 Å². The van der Waals surface area contributed by atoms with Gasteiger partial charge in [-0.1, -0.05) is 24.3 Å². The molecule has 5 rings (SSSR count). The van der Waals surface area contributed by atoms with Crippen LogP contribution < -0.4 is 14.8 Å². The van der Waals surface area contributed by atoms with E-state index in [4.69, 9.17) is 9.47 Å². The topological polar surface area (TPSA) is 64.6 Å². The molecule has 0 unspecified atom stereocenters. The van der Waals surface area contributed by atoms with Crippen LogP contribution in [0.2, 0.25) is 0 Å². The fourth-order valence-corrected chi connectivity index (χ4v) is 5.93. The molecule has 1 aliphatic heterocycles. The molecule has 2 aromatic carbocycles. The highest BCUT2D eigenvalue weighted by atomic mass is 32.2. The quantitative estimate of drug-likeness (QED) is 0.688. The molecule has 1 N–H and O–H groups in total. The molecule has 5 nitrogen and oxygen atoms in total. The standard InChI is InChI=1S/C20H17NO4S2/c22-27(23,15-4-2-1-3-5-15)19-12-26-11-16(19)21-20(8-9-20)14-6-7-17-18(10-14)25-13-24-17/h1-7,10-12,21H,8-9,13H2. The van der Waals surface area contributed by atoms with Crippen LogP contribution in [0.5, 0.6) is 11.5 Å². The van der Waals surface area contributed by atoms with Crippen LogP contribution in [0.3, 0.4) is 0 Å². The van der Waals surface area contributed by atoms with Gasteiger partial charge in [-0.15, -0.1) is 11.3 Å². The van der Waals surface area contributed by atoms with Gasteiger partial charge in [-0.2, -0.15) is 0 Å². The van der Waals surface area contributed by atoms with Crippen molar-refractivity contribution in [2.24, 2.45) is 0 Å². The first kappa shape index (κ1) is 16.6. The van der Waals surface area contributed by atoms with Gasteiger partial charge in [-0.3, -0.25) is 0 Å². The second-order valence-electron chi connectivity index (χ2n) is 6.74. The minimum Gasteiger partial charge on any atom is -0.454 e. The van der Waals surface area contributed by atoms with E-state index in [-0.39, 0.29) is 12.3 Å². The SMILES string of the molecule is O=S(=O)(c1ccccc1)c1cscc1NC1(c2ccc3c(c2)OCO3)CC1. The van der Waals surface area contributed by atoms with Crippen LogP contribution in [0.25, 0.3) is 0 Å². The van der Waals surface area contributed by atoms with Crippen molar-refractivity contribution in [1.29, 1.82) is 0 Å². The molecule has 2 heterocycles. The predicted molar refractivity (Wildman–Crippen MR) is 103 cm³/mol. The second kappa shape index (κ2) is 6.00. The average molecular weight is 399 g/mol. The molecule has 138 valence electrons. The van der Waals surface area contributed by atoms with Gasteiger partial charge in [0.05, 0.1) is 16.1 Å². The zero-order valence-electron chi connectivity index (χ0n) is 14.3. The highest BCUT2D eigenvalue weighted by Crippen LogP contribution is 2.51. The zero-order valence-corrected chi connectivity index (χ0v) is 16.0. The summed E-state index contributed by atoms with van der Waals surface area (Å²) in [5, 5.41) is 7.05. The highest BCUT2D eigenvalue weighted by Gasteiger charge is 2.46. The van der Waals surface area contributed by atoms with Crippen molar-refractivity contribution in [3.05, 3.63) is 64.9 Å². The largest absolute Gasteiger partial charge is 0.454 e. The van der Waals surface area contributed by atoms with Crippen molar-refractivity contribution >= 4 is 26.9 Å². The van der Waals surface area contributed by atoms with Gasteiger partial charge in [-0.05, 0) is 42.7 Å². The number of hydrogen-bond acceptors (Lipinski definition) is 6. The van der Waals surface area contributed by atoms with E-state index in [0.29, 0.717) is 15.5 Å². The van der Waals surface area contributed by atoms with E-state index < -0.39 is 9.84 Å². The molecule has 1 aromatic heterocycles. The van der Waals surface area contributed by atoms with Crippen molar-refractivity contribution in [3.8, 4) is 11.5 Å². The number of fused-ring (bicyclic) bond motifs is 1. The maximum absolute atomic E-state index is 13.0. The molecule has 0 amide bonds. The molecule has 7 heteroatoms. The summed E-state index contributed by atoms with van der Waals surface area (Å²) in [6, 6.07) is 14.5. The van der Waals surface area contributed by atoms with E-state index in [1.807, 2.05) is 29.6 Å². The van der Waals surface area contributed by atoms with E-state index in [2.05, 4.69) is 5.32 Å². The van der Waals surface area contributed by atoms with Crippen molar-refractivity contribution < 1.29 is 17.9 Å². The highest BCUT2D eigenvalue weighted by molar-refractivity contribution is 7.91. The lowest BCUT2D eigenvalue weighted by molar-refractivity contribution is 0.174. The molecule has 2 aliphatic rings. The Balaban J connectivity index is 1.49. The lowest BCUT2D eigenvalue weighted by Gasteiger charge is -2.20. The number of benzene rings is 2. The molecule has 0 saturated heterocycles. The van der Waals surface area contributed by atoms with Gasteiger partial charge in [0, 0.05) is 10.8 Å². The van der Waals surface area contributed by atoms with Gasteiger partial charge in [-0.25, -0.2) is 8.42 Å². The van der Waals surface area contributed by atoms with Crippen molar-refractivity contribution in [1.82, 2.24) is 0 Å². The van der Waals surface area contributed by atoms with Crippen molar-refractivity contribution in [3.63, 3.8) is 0 Å². The molecule has 0 bridgehead atoms. The average Bonchev–Trinajstić information content (AvgIpc) is 3.09. The van der Waals surface area contributed by atoms with Crippen LogP contribution in [-0.4, -0.2) is 15.2 Å². The van der Waals surface area contributed by atoms with E-state index in [0.717, 1.165) is 29.9 Å². The maximum Gasteiger partial charge on any atom is 0.231 e. The molecular weight excluding hydrogens is 382 g/mol. The lowest BCUT2D eigenvalue weighted by atomic mass is 10.0. The monoisotopic (exact) mass is 399 g/mol. The first-order chi connectivity index (χ1) is 13.1. The molecule has 1 saturated carbocycles. The minimum atomic E-state index is -3.56. The normalized spacial score (nSPS) is 16.9. The van der Waals surface area contributed by atoms with Crippen LogP contribution in [0, 0.1) is 0 Å². The zero-order chi connectivity index (χ0) is 18.5. The van der Waals surface area contributed by atoms with Gasteiger partial charge in [0.25, 0.3) is 0 Å². The fourth-order valence-electron chi connectivity index (χ4n) is 3.37. The summed E-state index contributed by atoms with van der Waals surface area (Å²) in [4.78, 5) is 0.630. The first-order valence-corrected chi connectivity index (χ1v) is 11.1. The Hall–Kier alpha value is -2.51. The first-order valence-electron chi connectivity index (χ1n) is 8.63. The minimum absolute atomic E-state index is 0.239. The van der Waals surface area contributed by atoms with Gasteiger partial charge in [0.15, 0.2) is 11.5 Å². The van der Waals surface area contributed by atoms with Crippen LogP contribution in [0.4, 0.5) is 5.69 Å². The Morgan fingerprint density at radius 3 is 2.52 bits per heavy atom. The maximum atomic E-state index is 13.0. The number of sulfone groups is 1. The van der Waals surface area contributed by atoms with Gasteiger partial charge in [0.1, 0.15) is 4.90 Å². The second-order valence-corrected chi connectivity index (χ2v) is 9.40. The molecule has 1 aliphatic carbocycles. The molecule has 0 radical (unpaired) electrons.